The van der Waals surface area contributed by atoms with Crippen molar-refractivity contribution in [3.8, 4) is 0 Å². The molecular formula is C17H21N3O3S. The Balaban J connectivity index is 1.44. The van der Waals surface area contributed by atoms with Crippen molar-refractivity contribution in [1.29, 1.82) is 0 Å². The van der Waals surface area contributed by atoms with Gasteiger partial charge in [-0.05, 0) is 36.3 Å². The van der Waals surface area contributed by atoms with Crippen LogP contribution in [0.3, 0.4) is 0 Å². The molecule has 3 heterocycles. The number of fused-ring (bicyclic) bond motifs is 1. The van der Waals surface area contributed by atoms with Crippen molar-refractivity contribution >= 4 is 29.2 Å². The summed E-state index contributed by atoms with van der Waals surface area (Å²) in [5, 5.41) is 4.90. The van der Waals surface area contributed by atoms with Crippen molar-refractivity contribution in [3.63, 3.8) is 0 Å². The summed E-state index contributed by atoms with van der Waals surface area (Å²) in [6.45, 7) is 1.08. The molecule has 1 aliphatic carbocycles. The zero-order chi connectivity index (χ0) is 16.7. The zero-order valence-corrected chi connectivity index (χ0v) is 14.4. The third kappa shape index (κ3) is 2.51. The maximum Gasteiger partial charge on any atom is 0.325 e. The highest BCUT2D eigenvalue weighted by atomic mass is 32.1. The summed E-state index contributed by atoms with van der Waals surface area (Å²) in [6.07, 6.45) is 5.21. The van der Waals surface area contributed by atoms with Gasteiger partial charge >= 0.3 is 6.03 Å². The second-order valence-corrected chi connectivity index (χ2v) is 7.90. The molecule has 6 nitrogen and oxygen atoms in total. The van der Waals surface area contributed by atoms with E-state index >= 15 is 0 Å². The van der Waals surface area contributed by atoms with E-state index in [0.29, 0.717) is 25.9 Å². The van der Waals surface area contributed by atoms with Crippen molar-refractivity contribution in [2.75, 3.05) is 13.1 Å². The quantitative estimate of drug-likeness (QED) is 0.831. The molecule has 0 aromatic carbocycles. The highest BCUT2D eigenvalue weighted by Gasteiger charge is 2.51. The normalized spacial score (nSPS) is 22.7. The molecule has 1 N–H and O–H groups in total. The van der Waals surface area contributed by atoms with Gasteiger partial charge in [0.25, 0.3) is 5.91 Å². The lowest BCUT2D eigenvalue weighted by Gasteiger charge is -2.31. The third-order valence-electron chi connectivity index (χ3n) is 5.41. The summed E-state index contributed by atoms with van der Waals surface area (Å²) in [7, 11) is 0. The molecular weight excluding hydrogens is 326 g/mol. The van der Waals surface area contributed by atoms with E-state index in [1.807, 2.05) is 11.4 Å². The Morgan fingerprint density at radius 3 is 2.83 bits per heavy atom. The van der Waals surface area contributed by atoms with E-state index in [2.05, 4.69) is 5.32 Å². The number of hydrogen-bond acceptors (Lipinski definition) is 4. The summed E-state index contributed by atoms with van der Waals surface area (Å²) in [5.74, 6) is -0.364. The van der Waals surface area contributed by atoms with E-state index in [1.165, 1.54) is 10.4 Å². The van der Waals surface area contributed by atoms with Gasteiger partial charge in [0.15, 0.2) is 0 Å². The summed E-state index contributed by atoms with van der Waals surface area (Å²) in [6, 6.07) is 1.63. The number of imide groups is 1. The second kappa shape index (κ2) is 5.88. The standard InChI is InChI=1S/C17H21N3O3S/c21-14(19-8-4-13-12(10-19)5-9-24-13)11-20-15(22)17(18-16(20)23)6-2-1-3-7-17/h5,9H,1-4,6-8,10-11H2,(H,18,23). The van der Waals surface area contributed by atoms with Crippen LogP contribution < -0.4 is 5.32 Å². The monoisotopic (exact) mass is 347 g/mol. The fraction of sp³-hybridized carbons (Fsp3) is 0.588. The minimum atomic E-state index is -0.752. The molecule has 1 saturated carbocycles. The molecule has 0 atom stereocenters. The van der Waals surface area contributed by atoms with Crippen LogP contribution in [0.15, 0.2) is 11.4 Å². The van der Waals surface area contributed by atoms with Gasteiger partial charge in [-0.15, -0.1) is 11.3 Å². The van der Waals surface area contributed by atoms with Crippen molar-refractivity contribution in [3.05, 3.63) is 21.9 Å². The maximum atomic E-state index is 12.7. The summed E-state index contributed by atoms with van der Waals surface area (Å²) >= 11 is 1.72. The SMILES string of the molecule is O=C(CN1C(=O)NC2(CCCCC2)C1=O)N1CCc2sccc2C1. The molecule has 24 heavy (non-hydrogen) atoms. The number of urea groups is 1. The molecule has 4 rings (SSSR count). The molecule has 1 spiro atoms. The minimum Gasteiger partial charge on any atom is -0.336 e. The molecule has 1 aromatic rings. The number of nitrogens with one attached hydrogen (secondary N) is 1. The smallest absolute Gasteiger partial charge is 0.325 e. The third-order valence-corrected chi connectivity index (χ3v) is 6.43. The van der Waals surface area contributed by atoms with E-state index in [-0.39, 0.29) is 18.4 Å². The molecule has 7 heteroatoms. The Hall–Kier alpha value is -1.89. The van der Waals surface area contributed by atoms with Gasteiger partial charge in [0, 0.05) is 18.0 Å². The average molecular weight is 347 g/mol. The summed E-state index contributed by atoms with van der Waals surface area (Å²) in [5.41, 5.74) is 0.429. The lowest BCUT2D eigenvalue weighted by atomic mass is 9.82. The largest absolute Gasteiger partial charge is 0.336 e. The molecule has 0 radical (unpaired) electrons. The molecule has 2 fully saturated rings. The van der Waals surface area contributed by atoms with Crippen molar-refractivity contribution in [1.82, 2.24) is 15.1 Å². The first-order chi connectivity index (χ1) is 11.6. The molecule has 1 aromatic heterocycles. The van der Waals surface area contributed by atoms with Gasteiger partial charge in [-0.3, -0.25) is 14.5 Å². The van der Waals surface area contributed by atoms with Crippen LogP contribution in [0.4, 0.5) is 4.79 Å². The second-order valence-electron chi connectivity index (χ2n) is 6.90. The number of amides is 4. The maximum absolute atomic E-state index is 12.7. The van der Waals surface area contributed by atoms with Crippen molar-refractivity contribution < 1.29 is 14.4 Å². The molecule has 3 aliphatic rings. The molecule has 0 unspecified atom stereocenters. The number of rotatable bonds is 2. The van der Waals surface area contributed by atoms with Gasteiger partial charge in [0.1, 0.15) is 12.1 Å². The Labute approximate surface area is 144 Å². The lowest BCUT2D eigenvalue weighted by molar-refractivity contribution is -0.140. The number of thiophene rings is 1. The van der Waals surface area contributed by atoms with Crippen LogP contribution in [0.2, 0.25) is 0 Å². The number of nitrogens with zero attached hydrogens (tertiary/aromatic N) is 2. The lowest BCUT2D eigenvalue weighted by Crippen LogP contribution is -2.49. The number of carbonyl (C=O) groups is 3. The van der Waals surface area contributed by atoms with Crippen LogP contribution in [0, 0.1) is 0 Å². The van der Waals surface area contributed by atoms with E-state index in [9.17, 15) is 14.4 Å². The van der Waals surface area contributed by atoms with Gasteiger partial charge in [0.05, 0.1) is 0 Å². The minimum absolute atomic E-state index is 0.147. The van der Waals surface area contributed by atoms with E-state index in [0.717, 1.165) is 30.6 Å². The molecule has 2 aliphatic heterocycles. The van der Waals surface area contributed by atoms with Crippen molar-refractivity contribution in [2.24, 2.45) is 0 Å². The number of hydrogen-bond donors (Lipinski definition) is 1. The van der Waals surface area contributed by atoms with Crippen LogP contribution in [0.25, 0.3) is 0 Å². The van der Waals surface area contributed by atoms with E-state index in [4.69, 9.17) is 0 Å². The molecule has 1 saturated heterocycles. The molecule has 128 valence electrons. The highest BCUT2D eigenvalue weighted by Crippen LogP contribution is 2.33. The Kier molecular flexibility index (Phi) is 3.83. The first-order valence-corrected chi connectivity index (χ1v) is 9.44. The van der Waals surface area contributed by atoms with Gasteiger partial charge in [-0.25, -0.2) is 4.79 Å². The van der Waals surface area contributed by atoms with Crippen LogP contribution >= 0.6 is 11.3 Å². The van der Waals surface area contributed by atoms with E-state index in [1.54, 1.807) is 16.2 Å². The Morgan fingerprint density at radius 2 is 2.04 bits per heavy atom. The van der Waals surface area contributed by atoms with E-state index < -0.39 is 11.6 Å². The van der Waals surface area contributed by atoms with Crippen LogP contribution in [-0.2, 0) is 22.6 Å². The average Bonchev–Trinajstić information content (AvgIpc) is 3.14. The van der Waals surface area contributed by atoms with Gasteiger partial charge in [-0.2, -0.15) is 0 Å². The predicted octanol–water partition coefficient (Wildman–Crippen LogP) is 1.89. The topological polar surface area (TPSA) is 69.7 Å². The van der Waals surface area contributed by atoms with Crippen LogP contribution in [0.1, 0.15) is 42.5 Å². The highest BCUT2D eigenvalue weighted by molar-refractivity contribution is 7.10. The van der Waals surface area contributed by atoms with Crippen molar-refractivity contribution in [2.45, 2.75) is 50.6 Å². The molecule has 4 amide bonds. The summed E-state index contributed by atoms with van der Waals surface area (Å²) < 4.78 is 0. The van der Waals surface area contributed by atoms with Crippen LogP contribution in [0.5, 0.6) is 0 Å². The zero-order valence-electron chi connectivity index (χ0n) is 13.5. The Bertz CT molecular complexity index is 693. The summed E-state index contributed by atoms with van der Waals surface area (Å²) in [4.78, 5) is 41.8. The predicted molar refractivity (Wildman–Crippen MR) is 89.5 cm³/mol. The van der Waals surface area contributed by atoms with Gasteiger partial charge < -0.3 is 10.2 Å². The first-order valence-electron chi connectivity index (χ1n) is 8.56. The fourth-order valence-corrected chi connectivity index (χ4v) is 4.90. The fourth-order valence-electron chi connectivity index (χ4n) is 4.01. The van der Waals surface area contributed by atoms with Crippen LogP contribution in [-0.4, -0.2) is 46.3 Å². The molecule has 0 bridgehead atoms. The number of carbonyl (C=O) groups excluding carboxylic acids is 3. The van der Waals surface area contributed by atoms with Gasteiger partial charge in [0.2, 0.25) is 5.91 Å². The van der Waals surface area contributed by atoms with Gasteiger partial charge in [-0.1, -0.05) is 19.3 Å². The Morgan fingerprint density at radius 1 is 1.25 bits per heavy atom. The first kappa shape index (κ1) is 15.6.